The van der Waals surface area contributed by atoms with Crippen molar-refractivity contribution >= 4 is 0 Å². The van der Waals surface area contributed by atoms with Gasteiger partial charge in [-0.1, -0.05) is 0 Å². The van der Waals surface area contributed by atoms with Crippen molar-refractivity contribution < 1.29 is 35.5 Å². The van der Waals surface area contributed by atoms with Gasteiger partial charge in [0.1, 0.15) is 0 Å². The van der Waals surface area contributed by atoms with Crippen LogP contribution in [-0.2, 0) is 4.74 Å². The van der Waals surface area contributed by atoms with Crippen LogP contribution in [0.4, 0.5) is 30.7 Å². The molecule has 0 aliphatic carbocycles. The Bertz CT molecular complexity index is 141. The Kier molecular flexibility index (Phi) is 3.31. The second-order valence-electron chi connectivity index (χ2n) is 1.72. The van der Waals surface area contributed by atoms with Crippen LogP contribution in [0.15, 0.2) is 0 Å². The van der Waals surface area contributed by atoms with Crippen LogP contribution in [0.1, 0.15) is 0 Å². The van der Waals surface area contributed by atoms with Gasteiger partial charge < -0.3 is 0 Å². The van der Waals surface area contributed by atoms with Gasteiger partial charge in [0.2, 0.25) is 0 Å². The molecule has 0 bridgehead atoms. The van der Waals surface area contributed by atoms with Crippen molar-refractivity contribution in [2.45, 2.75) is 18.5 Å². The molecule has 0 aliphatic heterocycles. The normalized spacial score (nSPS) is 16.2. The fraction of sp³-hybridized carbons (Fsp3) is 1.00. The van der Waals surface area contributed by atoms with Gasteiger partial charge in [0.15, 0.2) is 6.86 Å². The standard InChI is InChI=1S/C4H3F7O/c5-1-12-4(10,11)2(6)3(7,8)9/h2H,1H2. The van der Waals surface area contributed by atoms with E-state index in [4.69, 9.17) is 0 Å². The monoisotopic (exact) mass is 200 g/mol. The Hall–Kier alpha value is -0.530. The molecule has 0 N–H and O–H groups in total. The molecule has 0 aliphatic rings. The van der Waals surface area contributed by atoms with Gasteiger partial charge in [0, 0.05) is 0 Å². The summed E-state index contributed by atoms with van der Waals surface area (Å²) >= 11 is 0. The van der Waals surface area contributed by atoms with E-state index in [-0.39, 0.29) is 0 Å². The molecule has 0 fully saturated rings. The quantitative estimate of drug-likeness (QED) is 0.635. The molecule has 0 saturated heterocycles. The first-order valence-electron chi connectivity index (χ1n) is 2.50. The van der Waals surface area contributed by atoms with Crippen LogP contribution in [0.2, 0.25) is 0 Å². The summed E-state index contributed by atoms with van der Waals surface area (Å²) in [7, 11) is 0. The fourth-order valence-electron chi connectivity index (χ4n) is 0.336. The first kappa shape index (κ1) is 11.5. The molecule has 0 saturated carbocycles. The summed E-state index contributed by atoms with van der Waals surface area (Å²) in [5.74, 6) is 0. The Morgan fingerprint density at radius 3 is 1.75 bits per heavy atom. The number of alkyl halides is 7. The molecular formula is C4H3F7O. The third-order valence-corrected chi connectivity index (χ3v) is 0.829. The largest absolute Gasteiger partial charge is 0.428 e. The molecule has 1 unspecified atom stereocenters. The van der Waals surface area contributed by atoms with Crippen LogP contribution in [0, 0.1) is 0 Å². The van der Waals surface area contributed by atoms with Gasteiger partial charge in [0.25, 0.3) is 6.17 Å². The Morgan fingerprint density at radius 1 is 1.08 bits per heavy atom. The highest BCUT2D eigenvalue weighted by Gasteiger charge is 2.58. The lowest BCUT2D eigenvalue weighted by Gasteiger charge is -2.20. The Labute approximate surface area is 62.1 Å². The zero-order chi connectivity index (χ0) is 9.99. The van der Waals surface area contributed by atoms with Crippen molar-refractivity contribution in [3.05, 3.63) is 0 Å². The van der Waals surface area contributed by atoms with Crippen molar-refractivity contribution in [3.63, 3.8) is 0 Å². The highest BCUT2D eigenvalue weighted by Crippen LogP contribution is 2.35. The molecule has 0 aromatic carbocycles. The van der Waals surface area contributed by atoms with Gasteiger partial charge in [-0.25, -0.2) is 8.78 Å². The van der Waals surface area contributed by atoms with Crippen molar-refractivity contribution in [1.29, 1.82) is 0 Å². The van der Waals surface area contributed by atoms with Crippen LogP contribution >= 0.6 is 0 Å². The summed E-state index contributed by atoms with van der Waals surface area (Å²) in [5.41, 5.74) is 0. The predicted octanol–water partition coefficient (Wildman–Crippen LogP) is 2.42. The number of rotatable bonds is 3. The Balaban J connectivity index is 4.34. The second kappa shape index (κ2) is 3.46. The summed E-state index contributed by atoms with van der Waals surface area (Å²) in [6.45, 7) is -2.19. The van der Waals surface area contributed by atoms with Crippen molar-refractivity contribution in [2.75, 3.05) is 6.86 Å². The minimum absolute atomic E-state index is 2.19. The lowest BCUT2D eigenvalue weighted by Crippen LogP contribution is -2.43. The molecule has 74 valence electrons. The highest BCUT2D eigenvalue weighted by molar-refractivity contribution is 4.74. The van der Waals surface area contributed by atoms with E-state index in [1.807, 2.05) is 0 Å². The van der Waals surface area contributed by atoms with Gasteiger partial charge in [-0.05, 0) is 0 Å². The molecule has 0 amide bonds. The molecule has 0 heterocycles. The maximum atomic E-state index is 11.8. The number of hydrogen-bond donors (Lipinski definition) is 0. The molecule has 1 atom stereocenters. The molecule has 8 heteroatoms. The highest BCUT2D eigenvalue weighted by atomic mass is 19.4. The summed E-state index contributed by atoms with van der Waals surface area (Å²) in [6.07, 6.45) is -15.5. The van der Waals surface area contributed by atoms with E-state index < -0.39 is 25.3 Å². The van der Waals surface area contributed by atoms with Gasteiger partial charge in [-0.15, -0.1) is 0 Å². The van der Waals surface area contributed by atoms with E-state index in [1.165, 1.54) is 0 Å². The smallest absolute Gasteiger partial charge is 0.286 e. The van der Waals surface area contributed by atoms with E-state index in [0.717, 1.165) is 0 Å². The third-order valence-electron chi connectivity index (χ3n) is 0.829. The van der Waals surface area contributed by atoms with Crippen LogP contribution in [-0.4, -0.2) is 25.3 Å². The summed E-state index contributed by atoms with van der Waals surface area (Å²) in [5, 5.41) is 0. The average Bonchev–Trinajstić information content (AvgIpc) is 1.84. The van der Waals surface area contributed by atoms with Crippen molar-refractivity contribution in [3.8, 4) is 0 Å². The molecular weight excluding hydrogens is 197 g/mol. The molecule has 0 spiro atoms. The molecule has 1 nitrogen and oxygen atoms in total. The SMILES string of the molecule is FCOC(F)(F)C(F)C(F)(F)F. The molecule has 0 aromatic rings. The molecule has 0 aromatic heterocycles. The minimum Gasteiger partial charge on any atom is -0.286 e. The van der Waals surface area contributed by atoms with E-state index in [1.54, 1.807) is 0 Å². The Morgan fingerprint density at radius 2 is 1.50 bits per heavy atom. The summed E-state index contributed by atoms with van der Waals surface area (Å²) in [6, 6.07) is 0. The van der Waals surface area contributed by atoms with E-state index in [0.29, 0.717) is 0 Å². The van der Waals surface area contributed by atoms with Crippen molar-refractivity contribution in [2.24, 2.45) is 0 Å². The van der Waals surface area contributed by atoms with Gasteiger partial charge >= 0.3 is 12.3 Å². The van der Waals surface area contributed by atoms with Gasteiger partial charge in [-0.2, -0.15) is 22.0 Å². The number of ether oxygens (including phenoxy) is 1. The number of halogens is 7. The maximum Gasteiger partial charge on any atom is 0.428 e. The van der Waals surface area contributed by atoms with E-state index >= 15 is 0 Å². The second-order valence-corrected chi connectivity index (χ2v) is 1.72. The lowest BCUT2D eigenvalue weighted by atomic mass is 10.3. The van der Waals surface area contributed by atoms with Crippen molar-refractivity contribution in [1.82, 2.24) is 0 Å². The van der Waals surface area contributed by atoms with E-state index in [2.05, 4.69) is 4.74 Å². The van der Waals surface area contributed by atoms with Crippen LogP contribution < -0.4 is 0 Å². The number of hydrogen-bond acceptors (Lipinski definition) is 1. The zero-order valence-electron chi connectivity index (χ0n) is 5.34. The van der Waals surface area contributed by atoms with Gasteiger partial charge in [-0.3, -0.25) is 4.74 Å². The topological polar surface area (TPSA) is 9.23 Å². The summed E-state index contributed by atoms with van der Waals surface area (Å²) < 4.78 is 82.5. The maximum absolute atomic E-state index is 11.8. The first-order valence-corrected chi connectivity index (χ1v) is 2.50. The first-order chi connectivity index (χ1) is 5.22. The zero-order valence-corrected chi connectivity index (χ0v) is 5.34. The summed E-state index contributed by atoms with van der Waals surface area (Å²) in [4.78, 5) is 0. The lowest BCUT2D eigenvalue weighted by molar-refractivity contribution is -0.343. The minimum atomic E-state index is -5.77. The van der Waals surface area contributed by atoms with Crippen LogP contribution in [0.5, 0.6) is 0 Å². The fourth-order valence-corrected chi connectivity index (χ4v) is 0.336. The predicted molar refractivity (Wildman–Crippen MR) is 23.0 cm³/mol. The molecule has 0 radical (unpaired) electrons. The third kappa shape index (κ3) is 2.84. The molecule has 0 rings (SSSR count). The van der Waals surface area contributed by atoms with E-state index in [9.17, 15) is 30.7 Å². The average molecular weight is 200 g/mol. The van der Waals surface area contributed by atoms with Crippen LogP contribution in [0.3, 0.4) is 0 Å². The van der Waals surface area contributed by atoms with Crippen LogP contribution in [0.25, 0.3) is 0 Å². The molecule has 12 heavy (non-hydrogen) atoms. The van der Waals surface area contributed by atoms with Gasteiger partial charge in [0.05, 0.1) is 0 Å².